The molecule has 0 saturated carbocycles. The number of fused-ring (bicyclic) bond motifs is 1. The summed E-state index contributed by atoms with van der Waals surface area (Å²) in [5.41, 5.74) is 6.97. The van der Waals surface area contributed by atoms with E-state index in [0.717, 1.165) is 28.3 Å². The van der Waals surface area contributed by atoms with E-state index in [2.05, 4.69) is 36.4 Å². The molecule has 0 saturated heterocycles. The van der Waals surface area contributed by atoms with E-state index in [1.807, 2.05) is 47.7 Å². The molecule has 0 radical (unpaired) electrons. The molecule has 0 aliphatic heterocycles. The molecular formula is C22H20N2O. The largest absolute Gasteiger partial charge is 0.387 e. The number of pyridine rings is 1. The van der Waals surface area contributed by atoms with Gasteiger partial charge in [-0.3, -0.25) is 4.40 Å². The van der Waals surface area contributed by atoms with Crippen molar-refractivity contribution in [1.29, 1.82) is 0 Å². The zero-order valence-corrected chi connectivity index (χ0v) is 14.3. The van der Waals surface area contributed by atoms with Crippen LogP contribution in [0, 0.1) is 6.92 Å². The maximum absolute atomic E-state index is 10.3. The molecule has 0 spiro atoms. The zero-order chi connectivity index (χ0) is 17.4. The highest BCUT2D eigenvalue weighted by Gasteiger charge is 2.18. The first-order valence-corrected chi connectivity index (χ1v) is 8.47. The van der Waals surface area contributed by atoms with Gasteiger partial charge >= 0.3 is 0 Å². The second-order valence-corrected chi connectivity index (χ2v) is 6.33. The van der Waals surface area contributed by atoms with E-state index in [9.17, 15) is 5.11 Å². The fourth-order valence-electron chi connectivity index (χ4n) is 3.33. The van der Waals surface area contributed by atoms with Gasteiger partial charge in [0.15, 0.2) is 0 Å². The quantitative estimate of drug-likeness (QED) is 0.573. The molecule has 2 aromatic heterocycles. The lowest BCUT2D eigenvalue weighted by atomic mass is 10.0. The van der Waals surface area contributed by atoms with Crippen molar-refractivity contribution in [2.24, 2.45) is 0 Å². The summed E-state index contributed by atoms with van der Waals surface area (Å²) in [4.78, 5) is 4.77. The lowest BCUT2D eigenvalue weighted by Crippen LogP contribution is -2.02. The highest BCUT2D eigenvalue weighted by molar-refractivity contribution is 5.72. The van der Waals surface area contributed by atoms with E-state index in [-0.39, 0.29) is 0 Å². The van der Waals surface area contributed by atoms with Crippen LogP contribution in [0.2, 0.25) is 0 Å². The highest BCUT2D eigenvalue weighted by Crippen LogP contribution is 2.31. The summed E-state index contributed by atoms with van der Waals surface area (Å²) in [6.45, 7) is 3.82. The second-order valence-electron chi connectivity index (χ2n) is 6.33. The molecular weight excluding hydrogens is 308 g/mol. The summed E-state index contributed by atoms with van der Waals surface area (Å²) in [5.74, 6) is 0. The van der Waals surface area contributed by atoms with Crippen molar-refractivity contribution in [2.75, 3.05) is 0 Å². The first-order valence-electron chi connectivity index (χ1n) is 8.47. The Kier molecular flexibility index (Phi) is 3.86. The molecule has 4 rings (SSSR count). The molecule has 0 fully saturated rings. The van der Waals surface area contributed by atoms with E-state index in [0.29, 0.717) is 0 Å². The number of hydrogen-bond donors (Lipinski definition) is 1. The molecule has 0 aliphatic rings. The van der Waals surface area contributed by atoms with Crippen molar-refractivity contribution in [3.8, 4) is 22.4 Å². The average molecular weight is 328 g/mol. The van der Waals surface area contributed by atoms with Gasteiger partial charge in [0.25, 0.3) is 0 Å². The van der Waals surface area contributed by atoms with Crippen molar-refractivity contribution in [3.63, 3.8) is 0 Å². The van der Waals surface area contributed by atoms with E-state index < -0.39 is 6.10 Å². The molecule has 0 amide bonds. The minimum absolute atomic E-state index is 0.597. The summed E-state index contributed by atoms with van der Waals surface area (Å²) < 4.78 is 2.03. The van der Waals surface area contributed by atoms with Gasteiger partial charge in [-0.25, -0.2) is 4.98 Å². The van der Waals surface area contributed by atoms with Gasteiger partial charge in [-0.1, -0.05) is 60.7 Å². The molecule has 1 N–H and O–H groups in total. The number of aryl methyl sites for hydroxylation is 1. The zero-order valence-electron chi connectivity index (χ0n) is 14.3. The fourth-order valence-corrected chi connectivity index (χ4v) is 3.33. The Balaban J connectivity index is 1.85. The number of rotatable bonds is 3. The molecule has 3 heteroatoms. The Bertz CT molecular complexity index is 1020. The van der Waals surface area contributed by atoms with E-state index >= 15 is 0 Å². The van der Waals surface area contributed by atoms with Crippen molar-refractivity contribution in [3.05, 3.63) is 84.2 Å². The predicted octanol–water partition coefficient (Wildman–Crippen LogP) is 5.03. The minimum atomic E-state index is -0.597. The number of benzene rings is 2. The Morgan fingerprint density at radius 1 is 0.800 bits per heavy atom. The number of hydrogen-bond acceptors (Lipinski definition) is 2. The van der Waals surface area contributed by atoms with Gasteiger partial charge in [-0.05, 0) is 37.1 Å². The Hall–Kier alpha value is -2.91. The van der Waals surface area contributed by atoms with Crippen LogP contribution in [0.25, 0.3) is 28.0 Å². The lowest BCUT2D eigenvalue weighted by molar-refractivity contribution is 0.194. The Morgan fingerprint density at radius 3 is 2.12 bits per heavy atom. The number of imidazole rings is 1. The Morgan fingerprint density at radius 2 is 1.44 bits per heavy atom. The van der Waals surface area contributed by atoms with Gasteiger partial charge in [0.05, 0.1) is 17.5 Å². The van der Waals surface area contributed by atoms with Gasteiger partial charge in [0, 0.05) is 11.3 Å². The molecule has 25 heavy (non-hydrogen) atoms. The number of aromatic nitrogens is 2. The third-order valence-electron chi connectivity index (χ3n) is 4.54. The van der Waals surface area contributed by atoms with Gasteiger partial charge in [-0.15, -0.1) is 0 Å². The Labute approximate surface area is 147 Å². The third kappa shape index (κ3) is 2.73. The van der Waals surface area contributed by atoms with Crippen molar-refractivity contribution in [2.45, 2.75) is 20.0 Å². The highest BCUT2D eigenvalue weighted by atomic mass is 16.3. The summed E-state index contributed by atoms with van der Waals surface area (Å²) in [6, 6.07) is 24.7. The van der Waals surface area contributed by atoms with Crippen LogP contribution >= 0.6 is 0 Å². The first kappa shape index (κ1) is 15.6. The molecule has 124 valence electrons. The summed E-state index contributed by atoms with van der Waals surface area (Å²) in [6.07, 6.45) is -0.597. The molecule has 1 unspecified atom stereocenters. The minimum Gasteiger partial charge on any atom is -0.387 e. The monoisotopic (exact) mass is 328 g/mol. The van der Waals surface area contributed by atoms with Gasteiger partial charge in [0.2, 0.25) is 0 Å². The topological polar surface area (TPSA) is 37.5 Å². The van der Waals surface area contributed by atoms with Crippen molar-refractivity contribution < 1.29 is 5.11 Å². The van der Waals surface area contributed by atoms with E-state index in [4.69, 9.17) is 4.98 Å². The number of nitrogens with zero attached hydrogens (tertiary/aromatic N) is 2. The SMILES string of the molecule is Cc1cccc2nc(-c3ccc(-c4ccccc4)cc3)c(C(C)O)n12. The van der Waals surface area contributed by atoms with Crippen LogP contribution in [0.4, 0.5) is 0 Å². The average Bonchev–Trinajstić information content (AvgIpc) is 3.04. The summed E-state index contributed by atoms with van der Waals surface area (Å²) in [7, 11) is 0. The third-order valence-corrected chi connectivity index (χ3v) is 4.54. The van der Waals surface area contributed by atoms with Gasteiger partial charge < -0.3 is 5.11 Å². The molecule has 0 aliphatic carbocycles. The fraction of sp³-hybridized carbons (Fsp3) is 0.136. The van der Waals surface area contributed by atoms with Crippen LogP contribution in [0.1, 0.15) is 24.4 Å². The molecule has 2 aromatic carbocycles. The lowest BCUT2D eigenvalue weighted by Gasteiger charge is -2.10. The van der Waals surface area contributed by atoms with Crippen LogP contribution in [-0.4, -0.2) is 14.5 Å². The van der Waals surface area contributed by atoms with Crippen molar-refractivity contribution >= 4 is 5.65 Å². The summed E-state index contributed by atoms with van der Waals surface area (Å²) >= 11 is 0. The van der Waals surface area contributed by atoms with Crippen LogP contribution in [0.3, 0.4) is 0 Å². The number of aliphatic hydroxyl groups is 1. The van der Waals surface area contributed by atoms with Gasteiger partial charge in [0.1, 0.15) is 5.65 Å². The van der Waals surface area contributed by atoms with Gasteiger partial charge in [-0.2, -0.15) is 0 Å². The van der Waals surface area contributed by atoms with Crippen LogP contribution in [0.15, 0.2) is 72.8 Å². The van der Waals surface area contributed by atoms with Crippen LogP contribution in [-0.2, 0) is 0 Å². The van der Waals surface area contributed by atoms with Crippen LogP contribution < -0.4 is 0 Å². The predicted molar refractivity (Wildman–Crippen MR) is 101 cm³/mol. The molecule has 0 bridgehead atoms. The standard InChI is InChI=1S/C22H20N2O/c1-15-7-6-10-20-23-21(22(16(2)25)24(15)20)19-13-11-18(12-14-19)17-8-4-3-5-9-17/h3-14,16,25H,1-2H3. The second kappa shape index (κ2) is 6.19. The van der Waals surface area contributed by atoms with E-state index in [1.54, 1.807) is 6.92 Å². The molecule has 2 heterocycles. The molecule has 3 nitrogen and oxygen atoms in total. The normalized spacial score (nSPS) is 12.4. The number of aliphatic hydroxyl groups excluding tert-OH is 1. The van der Waals surface area contributed by atoms with Crippen LogP contribution in [0.5, 0.6) is 0 Å². The van der Waals surface area contributed by atoms with Crippen molar-refractivity contribution in [1.82, 2.24) is 9.38 Å². The first-order chi connectivity index (χ1) is 12.1. The van der Waals surface area contributed by atoms with E-state index in [1.165, 1.54) is 11.1 Å². The smallest absolute Gasteiger partial charge is 0.137 e. The summed E-state index contributed by atoms with van der Waals surface area (Å²) in [5, 5.41) is 10.3. The molecule has 1 atom stereocenters. The molecule has 4 aromatic rings. The maximum atomic E-state index is 10.3. The maximum Gasteiger partial charge on any atom is 0.137 e.